The summed E-state index contributed by atoms with van der Waals surface area (Å²) in [4.78, 5) is 11.8. The zero-order valence-corrected chi connectivity index (χ0v) is 11.5. The summed E-state index contributed by atoms with van der Waals surface area (Å²) >= 11 is 0. The number of ether oxygens (including phenoxy) is 4. The zero-order chi connectivity index (χ0) is 14.5. The topological polar surface area (TPSA) is 74.2 Å². The van der Waals surface area contributed by atoms with Gasteiger partial charge < -0.3 is 24.1 Å². The Morgan fingerprint density at radius 3 is 2.85 bits per heavy atom. The minimum absolute atomic E-state index is 0.196. The van der Waals surface area contributed by atoms with Gasteiger partial charge in [0.25, 0.3) is 0 Å². The molecule has 20 heavy (non-hydrogen) atoms. The number of benzene rings is 1. The lowest BCUT2D eigenvalue weighted by Gasteiger charge is -2.24. The SMILES string of the molecule is CCOC(=O)C(O)c1c(COC)ccc2c1OCCO2. The van der Waals surface area contributed by atoms with Gasteiger partial charge in [-0.3, -0.25) is 0 Å². The van der Waals surface area contributed by atoms with E-state index in [1.165, 1.54) is 7.11 Å². The van der Waals surface area contributed by atoms with E-state index < -0.39 is 12.1 Å². The Morgan fingerprint density at radius 2 is 2.15 bits per heavy atom. The van der Waals surface area contributed by atoms with Gasteiger partial charge in [0.2, 0.25) is 0 Å². The highest BCUT2D eigenvalue weighted by Crippen LogP contribution is 2.40. The molecular formula is C14H18O6. The molecule has 6 heteroatoms. The van der Waals surface area contributed by atoms with Crippen LogP contribution in [0.5, 0.6) is 11.5 Å². The summed E-state index contributed by atoms with van der Waals surface area (Å²) in [6.45, 7) is 2.93. The second-order valence-electron chi connectivity index (χ2n) is 4.25. The molecule has 1 N–H and O–H groups in total. The standard InChI is InChI=1S/C14H18O6/c1-3-18-14(16)12(15)11-9(8-17-2)4-5-10-13(11)20-7-6-19-10/h4-5,12,15H,3,6-8H2,1-2H3. The van der Waals surface area contributed by atoms with Gasteiger partial charge >= 0.3 is 5.97 Å². The van der Waals surface area contributed by atoms with Crippen LogP contribution in [-0.4, -0.2) is 38.0 Å². The second kappa shape index (κ2) is 6.58. The first kappa shape index (κ1) is 14.6. The van der Waals surface area contributed by atoms with Crippen LogP contribution >= 0.6 is 0 Å². The third kappa shape index (κ3) is 2.86. The van der Waals surface area contributed by atoms with E-state index in [1.54, 1.807) is 19.1 Å². The summed E-state index contributed by atoms with van der Waals surface area (Å²) in [7, 11) is 1.54. The smallest absolute Gasteiger partial charge is 0.339 e. The summed E-state index contributed by atoms with van der Waals surface area (Å²) in [5.74, 6) is 0.174. The zero-order valence-electron chi connectivity index (χ0n) is 11.5. The van der Waals surface area contributed by atoms with Gasteiger partial charge in [-0.05, 0) is 18.6 Å². The second-order valence-corrected chi connectivity index (χ2v) is 4.25. The first-order valence-electron chi connectivity index (χ1n) is 6.44. The van der Waals surface area contributed by atoms with Crippen molar-refractivity contribution in [2.24, 2.45) is 0 Å². The maximum atomic E-state index is 11.8. The normalized spacial score (nSPS) is 14.8. The number of carbonyl (C=O) groups is 1. The number of hydrogen-bond donors (Lipinski definition) is 1. The number of aliphatic hydroxyl groups excluding tert-OH is 1. The minimum atomic E-state index is -1.42. The molecule has 1 aliphatic heterocycles. The van der Waals surface area contributed by atoms with Crippen LogP contribution in [0.15, 0.2) is 12.1 Å². The van der Waals surface area contributed by atoms with Crippen molar-refractivity contribution in [3.8, 4) is 11.5 Å². The van der Waals surface area contributed by atoms with Crippen molar-refractivity contribution in [3.05, 3.63) is 23.3 Å². The minimum Gasteiger partial charge on any atom is -0.486 e. The lowest BCUT2D eigenvalue weighted by atomic mass is 10.0. The molecule has 0 aliphatic carbocycles. The average Bonchev–Trinajstić information content (AvgIpc) is 2.47. The molecule has 6 nitrogen and oxygen atoms in total. The van der Waals surface area contributed by atoms with Crippen molar-refractivity contribution in [2.75, 3.05) is 26.9 Å². The van der Waals surface area contributed by atoms with E-state index in [4.69, 9.17) is 18.9 Å². The van der Waals surface area contributed by atoms with Gasteiger partial charge in [0.15, 0.2) is 17.6 Å². The number of hydrogen-bond acceptors (Lipinski definition) is 6. The first-order chi connectivity index (χ1) is 9.69. The molecule has 1 atom stereocenters. The van der Waals surface area contributed by atoms with Crippen LogP contribution in [0.25, 0.3) is 0 Å². The summed E-state index contributed by atoms with van der Waals surface area (Å²) < 4.78 is 20.9. The number of fused-ring (bicyclic) bond motifs is 1. The number of rotatable bonds is 5. The average molecular weight is 282 g/mol. The molecule has 1 aromatic carbocycles. The van der Waals surface area contributed by atoms with E-state index in [1.807, 2.05) is 0 Å². The van der Waals surface area contributed by atoms with Crippen molar-refractivity contribution >= 4 is 5.97 Å². The molecule has 0 fully saturated rings. The van der Waals surface area contributed by atoms with Crippen LogP contribution in [0, 0.1) is 0 Å². The number of carbonyl (C=O) groups excluding carboxylic acids is 1. The molecule has 0 bridgehead atoms. The third-order valence-electron chi connectivity index (χ3n) is 2.92. The largest absolute Gasteiger partial charge is 0.486 e. The van der Waals surface area contributed by atoms with Crippen LogP contribution in [0.4, 0.5) is 0 Å². The first-order valence-corrected chi connectivity index (χ1v) is 6.44. The van der Waals surface area contributed by atoms with Gasteiger partial charge in [0.1, 0.15) is 13.2 Å². The van der Waals surface area contributed by atoms with Crippen LogP contribution in [0.2, 0.25) is 0 Å². The maximum absolute atomic E-state index is 11.8. The van der Waals surface area contributed by atoms with Gasteiger partial charge in [-0.15, -0.1) is 0 Å². The molecule has 1 aromatic rings. The van der Waals surface area contributed by atoms with Gasteiger partial charge in [-0.1, -0.05) is 6.07 Å². The fourth-order valence-corrected chi connectivity index (χ4v) is 2.10. The Bertz CT molecular complexity index is 485. The Labute approximate surface area is 117 Å². The van der Waals surface area contributed by atoms with Gasteiger partial charge in [-0.2, -0.15) is 0 Å². The van der Waals surface area contributed by atoms with Crippen molar-refractivity contribution in [1.29, 1.82) is 0 Å². The Balaban J connectivity index is 2.43. The molecular weight excluding hydrogens is 264 g/mol. The molecule has 1 unspecified atom stereocenters. The molecule has 0 aromatic heterocycles. The van der Waals surface area contributed by atoms with E-state index in [9.17, 15) is 9.90 Å². The molecule has 0 saturated carbocycles. The van der Waals surface area contributed by atoms with Crippen LogP contribution in [-0.2, 0) is 20.9 Å². The summed E-state index contributed by atoms with van der Waals surface area (Å²) in [6.07, 6.45) is -1.42. The highest BCUT2D eigenvalue weighted by atomic mass is 16.6. The highest BCUT2D eigenvalue weighted by Gasteiger charge is 2.29. The van der Waals surface area contributed by atoms with Gasteiger partial charge in [0.05, 0.1) is 13.2 Å². The van der Waals surface area contributed by atoms with E-state index >= 15 is 0 Å². The van der Waals surface area contributed by atoms with Crippen LogP contribution in [0.3, 0.4) is 0 Å². The van der Waals surface area contributed by atoms with E-state index in [2.05, 4.69) is 0 Å². The van der Waals surface area contributed by atoms with E-state index in [-0.39, 0.29) is 13.2 Å². The highest BCUT2D eigenvalue weighted by molar-refractivity contribution is 5.78. The quantitative estimate of drug-likeness (QED) is 0.818. The predicted octanol–water partition coefficient (Wildman–Crippen LogP) is 1.20. The lowest BCUT2D eigenvalue weighted by molar-refractivity contribution is -0.153. The van der Waals surface area contributed by atoms with E-state index in [0.717, 1.165) is 0 Å². The van der Waals surface area contributed by atoms with Crippen molar-refractivity contribution in [2.45, 2.75) is 19.6 Å². The Hall–Kier alpha value is -1.79. The number of esters is 1. The Kier molecular flexibility index (Phi) is 4.81. The van der Waals surface area contributed by atoms with Crippen LogP contribution < -0.4 is 9.47 Å². The summed E-state index contributed by atoms with van der Waals surface area (Å²) in [5, 5.41) is 10.2. The van der Waals surface area contributed by atoms with Gasteiger partial charge in [0, 0.05) is 12.7 Å². The lowest BCUT2D eigenvalue weighted by Crippen LogP contribution is -2.22. The molecule has 1 aliphatic rings. The van der Waals surface area contributed by atoms with Crippen LogP contribution in [0.1, 0.15) is 24.2 Å². The van der Waals surface area contributed by atoms with Gasteiger partial charge in [-0.25, -0.2) is 4.79 Å². The fourth-order valence-electron chi connectivity index (χ4n) is 2.10. The number of aliphatic hydroxyl groups is 1. The van der Waals surface area contributed by atoms with E-state index in [0.29, 0.717) is 35.8 Å². The maximum Gasteiger partial charge on any atom is 0.339 e. The van der Waals surface area contributed by atoms with Crippen molar-refractivity contribution in [3.63, 3.8) is 0 Å². The molecule has 0 spiro atoms. The number of methoxy groups -OCH3 is 1. The third-order valence-corrected chi connectivity index (χ3v) is 2.92. The van der Waals surface area contributed by atoms with Crippen molar-refractivity contribution in [1.82, 2.24) is 0 Å². The molecule has 0 saturated heterocycles. The molecule has 1 heterocycles. The Morgan fingerprint density at radius 1 is 1.40 bits per heavy atom. The molecule has 2 rings (SSSR count). The summed E-state index contributed by atoms with van der Waals surface area (Å²) in [5.41, 5.74) is 1.01. The van der Waals surface area contributed by atoms with Crippen molar-refractivity contribution < 1.29 is 28.8 Å². The molecule has 110 valence electrons. The molecule has 0 amide bonds. The predicted molar refractivity (Wildman–Crippen MR) is 69.7 cm³/mol. The molecule has 0 radical (unpaired) electrons. The fraction of sp³-hybridized carbons (Fsp3) is 0.500. The monoisotopic (exact) mass is 282 g/mol. The summed E-state index contributed by atoms with van der Waals surface area (Å²) in [6, 6.07) is 3.49.